The van der Waals surface area contributed by atoms with Crippen molar-refractivity contribution in [3.05, 3.63) is 36.4 Å². The summed E-state index contributed by atoms with van der Waals surface area (Å²) in [7, 11) is 5.43. The van der Waals surface area contributed by atoms with E-state index in [2.05, 4.69) is 25.8 Å². The zero-order chi connectivity index (χ0) is 21.2. The summed E-state index contributed by atoms with van der Waals surface area (Å²) >= 11 is 0. The zero-order valence-corrected chi connectivity index (χ0v) is 16.7. The van der Waals surface area contributed by atoms with Gasteiger partial charge in [-0.05, 0) is 45.4 Å². The van der Waals surface area contributed by atoms with Gasteiger partial charge in [0.2, 0.25) is 5.91 Å². The van der Waals surface area contributed by atoms with Gasteiger partial charge in [-0.15, -0.1) is 10.2 Å². The van der Waals surface area contributed by atoms with E-state index in [0.29, 0.717) is 29.5 Å². The number of carbonyl (C=O) groups excluding carboxylic acids is 2. The molecular weight excluding hydrogens is 374 g/mol. The lowest BCUT2D eigenvalue weighted by atomic mass is 10.3. The van der Waals surface area contributed by atoms with E-state index in [1.54, 1.807) is 43.4 Å². The van der Waals surface area contributed by atoms with Crippen molar-refractivity contribution in [3.8, 4) is 5.75 Å². The minimum absolute atomic E-state index is 0.108. The van der Waals surface area contributed by atoms with Crippen LogP contribution >= 0.6 is 0 Å². The number of azo groups is 1. The average molecular weight is 399 g/mol. The van der Waals surface area contributed by atoms with Crippen LogP contribution in [0.25, 0.3) is 0 Å². The van der Waals surface area contributed by atoms with Crippen LogP contribution in [0.3, 0.4) is 0 Å². The number of benzene rings is 1. The monoisotopic (exact) mass is 399 g/mol. The first-order valence-corrected chi connectivity index (χ1v) is 8.96. The van der Waals surface area contributed by atoms with Crippen LogP contribution in [0.4, 0.5) is 23.0 Å². The summed E-state index contributed by atoms with van der Waals surface area (Å²) in [5.41, 5.74) is 6.61. The Bertz CT molecular complexity index is 884. The number of anilines is 2. The van der Waals surface area contributed by atoms with E-state index >= 15 is 0 Å². The topological polar surface area (TPSA) is 134 Å². The van der Waals surface area contributed by atoms with Gasteiger partial charge in [0.1, 0.15) is 17.2 Å². The van der Waals surface area contributed by atoms with Gasteiger partial charge in [0.05, 0.1) is 13.0 Å². The molecule has 0 spiro atoms. The predicted molar refractivity (Wildman–Crippen MR) is 111 cm³/mol. The van der Waals surface area contributed by atoms with Gasteiger partial charge in [0.25, 0.3) is 0 Å². The SMILES string of the molecule is CNCC(=O)Nc1ccc(/N=N/c2ccccc2OC(=O)CCN(C)C)c(N)n1. The Balaban J connectivity index is 2.10. The molecule has 4 N–H and O–H groups in total. The molecule has 0 radical (unpaired) electrons. The lowest BCUT2D eigenvalue weighted by Gasteiger charge is -2.10. The molecule has 1 amide bonds. The molecule has 0 aliphatic rings. The van der Waals surface area contributed by atoms with E-state index in [4.69, 9.17) is 10.5 Å². The third-order valence-corrected chi connectivity index (χ3v) is 3.62. The highest BCUT2D eigenvalue weighted by atomic mass is 16.5. The van der Waals surface area contributed by atoms with E-state index in [-0.39, 0.29) is 30.7 Å². The Morgan fingerprint density at radius 1 is 1.14 bits per heavy atom. The number of pyridine rings is 1. The first-order valence-electron chi connectivity index (χ1n) is 8.96. The van der Waals surface area contributed by atoms with Crippen molar-refractivity contribution in [2.45, 2.75) is 6.42 Å². The highest BCUT2D eigenvalue weighted by Gasteiger charge is 2.10. The molecule has 0 fully saturated rings. The number of para-hydroxylation sites is 1. The second-order valence-corrected chi connectivity index (χ2v) is 6.37. The van der Waals surface area contributed by atoms with Crippen LogP contribution in [0.5, 0.6) is 5.75 Å². The van der Waals surface area contributed by atoms with Crippen LogP contribution in [0, 0.1) is 0 Å². The average Bonchev–Trinajstić information content (AvgIpc) is 2.67. The molecule has 10 nitrogen and oxygen atoms in total. The van der Waals surface area contributed by atoms with Crippen LogP contribution < -0.4 is 21.1 Å². The third-order valence-electron chi connectivity index (χ3n) is 3.62. The number of nitrogens with two attached hydrogens (primary N) is 1. The molecular formula is C19H25N7O3. The van der Waals surface area contributed by atoms with Gasteiger partial charge < -0.3 is 26.0 Å². The van der Waals surface area contributed by atoms with Crippen molar-refractivity contribution >= 4 is 34.9 Å². The lowest BCUT2D eigenvalue weighted by Crippen LogP contribution is -2.25. The maximum absolute atomic E-state index is 12.0. The zero-order valence-electron chi connectivity index (χ0n) is 16.7. The van der Waals surface area contributed by atoms with E-state index < -0.39 is 0 Å². The van der Waals surface area contributed by atoms with E-state index in [9.17, 15) is 9.59 Å². The predicted octanol–water partition coefficient (Wildman–Crippen LogP) is 2.09. The summed E-state index contributed by atoms with van der Waals surface area (Å²) in [5.74, 6) is 0.138. The summed E-state index contributed by atoms with van der Waals surface area (Å²) in [5, 5.41) is 13.6. The van der Waals surface area contributed by atoms with Crippen LogP contribution in [0.15, 0.2) is 46.6 Å². The van der Waals surface area contributed by atoms with Crippen molar-refractivity contribution in [2.75, 3.05) is 45.3 Å². The van der Waals surface area contributed by atoms with E-state index in [1.807, 2.05) is 19.0 Å². The van der Waals surface area contributed by atoms with Gasteiger partial charge in [-0.25, -0.2) is 4.98 Å². The molecule has 0 atom stereocenters. The van der Waals surface area contributed by atoms with Gasteiger partial charge in [-0.1, -0.05) is 12.1 Å². The normalized spacial score (nSPS) is 11.0. The molecule has 1 heterocycles. The summed E-state index contributed by atoms with van der Waals surface area (Å²) in [4.78, 5) is 29.6. The molecule has 0 bridgehead atoms. The number of nitrogen functional groups attached to an aromatic ring is 1. The number of hydrogen-bond donors (Lipinski definition) is 3. The van der Waals surface area contributed by atoms with Gasteiger partial charge in [-0.3, -0.25) is 9.59 Å². The number of ether oxygens (including phenoxy) is 1. The summed E-state index contributed by atoms with van der Waals surface area (Å²) in [6.07, 6.45) is 0.260. The van der Waals surface area contributed by atoms with Crippen molar-refractivity contribution in [1.82, 2.24) is 15.2 Å². The fourth-order valence-electron chi connectivity index (χ4n) is 2.19. The molecule has 0 aliphatic heterocycles. The summed E-state index contributed by atoms with van der Waals surface area (Å²) in [6.45, 7) is 0.745. The number of likely N-dealkylation sites (N-methyl/N-ethyl adjacent to an activating group) is 1. The number of rotatable bonds is 9. The molecule has 1 aromatic heterocycles. The van der Waals surface area contributed by atoms with Crippen molar-refractivity contribution in [1.29, 1.82) is 0 Å². The summed E-state index contributed by atoms with van der Waals surface area (Å²) < 4.78 is 5.38. The number of esters is 1. The Kier molecular flexibility index (Phi) is 8.19. The molecule has 1 aromatic carbocycles. The number of nitrogens with zero attached hydrogens (tertiary/aromatic N) is 4. The van der Waals surface area contributed by atoms with E-state index in [1.165, 1.54) is 0 Å². The molecule has 0 saturated carbocycles. The quantitative estimate of drug-likeness (QED) is 0.334. The van der Waals surface area contributed by atoms with Crippen molar-refractivity contribution in [3.63, 3.8) is 0 Å². The number of amides is 1. The minimum atomic E-state index is -0.357. The van der Waals surface area contributed by atoms with Gasteiger partial charge in [-0.2, -0.15) is 0 Å². The fourth-order valence-corrected chi connectivity index (χ4v) is 2.19. The molecule has 0 saturated heterocycles. The Morgan fingerprint density at radius 3 is 2.55 bits per heavy atom. The second kappa shape index (κ2) is 10.8. The first-order chi connectivity index (χ1) is 13.9. The van der Waals surface area contributed by atoms with Gasteiger partial charge >= 0.3 is 5.97 Å². The van der Waals surface area contributed by atoms with Gasteiger partial charge in [0, 0.05) is 6.54 Å². The molecule has 10 heteroatoms. The minimum Gasteiger partial charge on any atom is -0.424 e. The molecule has 2 aromatic rings. The Hall–Kier alpha value is -3.37. The largest absolute Gasteiger partial charge is 0.424 e. The molecule has 154 valence electrons. The highest BCUT2D eigenvalue weighted by molar-refractivity contribution is 5.91. The van der Waals surface area contributed by atoms with Crippen LogP contribution in [-0.2, 0) is 9.59 Å². The standard InChI is InChI=1S/C19H25N7O3/c1-21-12-17(27)22-16-9-8-14(19(20)23-16)25-24-13-6-4-5-7-15(13)29-18(28)10-11-26(2)3/h4-9,21H,10-12H2,1-3H3,(H3,20,22,23,27)/b25-24+. The van der Waals surface area contributed by atoms with E-state index in [0.717, 1.165) is 0 Å². The van der Waals surface area contributed by atoms with Crippen molar-refractivity contribution < 1.29 is 14.3 Å². The fraction of sp³-hybridized carbons (Fsp3) is 0.316. The summed E-state index contributed by atoms with van der Waals surface area (Å²) in [6, 6.07) is 9.98. The highest BCUT2D eigenvalue weighted by Crippen LogP contribution is 2.30. The number of nitrogens with one attached hydrogen (secondary N) is 2. The van der Waals surface area contributed by atoms with Crippen molar-refractivity contribution in [2.24, 2.45) is 10.2 Å². The first kappa shape index (κ1) is 21.9. The van der Waals surface area contributed by atoms with Crippen LogP contribution in [0.1, 0.15) is 6.42 Å². The second-order valence-electron chi connectivity index (χ2n) is 6.37. The molecule has 29 heavy (non-hydrogen) atoms. The molecule has 2 rings (SSSR count). The third kappa shape index (κ3) is 7.28. The maximum atomic E-state index is 12.0. The maximum Gasteiger partial charge on any atom is 0.312 e. The van der Waals surface area contributed by atoms with Crippen LogP contribution in [0.2, 0.25) is 0 Å². The van der Waals surface area contributed by atoms with Crippen LogP contribution in [-0.4, -0.2) is 56.0 Å². The molecule has 0 aliphatic carbocycles. The number of aromatic nitrogens is 1. The number of hydrogen-bond acceptors (Lipinski definition) is 9. The smallest absolute Gasteiger partial charge is 0.312 e. The Morgan fingerprint density at radius 2 is 1.86 bits per heavy atom. The Labute approximate surface area is 169 Å². The lowest BCUT2D eigenvalue weighted by molar-refractivity contribution is -0.134. The van der Waals surface area contributed by atoms with Gasteiger partial charge in [0.15, 0.2) is 11.6 Å². The number of carbonyl (C=O) groups is 2. The molecule has 0 unspecified atom stereocenters.